The number of aryl methyl sites for hydroxylation is 1. The summed E-state index contributed by atoms with van der Waals surface area (Å²) < 4.78 is 5.71. The summed E-state index contributed by atoms with van der Waals surface area (Å²) in [5.41, 5.74) is 2.63. The molecular weight excluding hydrogens is 416 g/mol. The maximum Gasteiger partial charge on any atom is 0.291 e. The molecule has 3 amide bonds. The predicted molar refractivity (Wildman–Crippen MR) is 118 cm³/mol. The molecule has 1 aromatic heterocycles. The molecule has 0 spiro atoms. The highest BCUT2D eigenvalue weighted by atomic mass is 35.5. The largest absolute Gasteiger partial charge is 0.449 e. The third kappa shape index (κ3) is 3.00. The molecule has 0 atom stereocenters. The summed E-state index contributed by atoms with van der Waals surface area (Å²) in [5, 5.41) is 3.95. The third-order valence-corrected chi connectivity index (χ3v) is 5.58. The predicted octanol–water partition coefficient (Wildman–Crippen LogP) is 5.45. The van der Waals surface area contributed by atoms with E-state index in [1.807, 2.05) is 6.07 Å². The molecule has 31 heavy (non-hydrogen) atoms. The number of carbonyl (C=O) groups excluding carboxylic acids is 3. The number of nitrogens with zero attached hydrogens (tertiary/aromatic N) is 1. The second-order valence-corrected chi connectivity index (χ2v) is 7.58. The number of para-hydroxylation sites is 1. The molecule has 2 heterocycles. The summed E-state index contributed by atoms with van der Waals surface area (Å²) in [6, 6.07) is 18.5. The lowest BCUT2D eigenvalue weighted by Gasteiger charge is -2.15. The number of nitrogens with one attached hydrogen (secondary N) is 1. The zero-order valence-electron chi connectivity index (χ0n) is 16.3. The quantitative estimate of drug-likeness (QED) is 0.438. The van der Waals surface area contributed by atoms with Crippen molar-refractivity contribution in [3.63, 3.8) is 0 Å². The number of rotatable bonds is 3. The van der Waals surface area contributed by atoms with Gasteiger partial charge in [0.05, 0.1) is 21.8 Å². The summed E-state index contributed by atoms with van der Waals surface area (Å²) in [5.74, 6) is -1.10. The van der Waals surface area contributed by atoms with Crippen molar-refractivity contribution in [2.75, 3.05) is 10.2 Å². The molecule has 1 N–H and O–H groups in total. The van der Waals surface area contributed by atoms with Gasteiger partial charge in [-0.3, -0.25) is 14.4 Å². The van der Waals surface area contributed by atoms with Crippen molar-refractivity contribution in [1.29, 1.82) is 0 Å². The van der Waals surface area contributed by atoms with E-state index in [0.29, 0.717) is 38.7 Å². The van der Waals surface area contributed by atoms with E-state index >= 15 is 0 Å². The molecule has 5 rings (SSSR count). The molecule has 0 radical (unpaired) electrons. The van der Waals surface area contributed by atoms with E-state index < -0.39 is 17.7 Å². The van der Waals surface area contributed by atoms with E-state index in [-0.39, 0.29) is 5.76 Å². The number of imide groups is 1. The highest BCUT2D eigenvalue weighted by Crippen LogP contribution is 2.32. The average molecular weight is 431 g/mol. The Morgan fingerprint density at radius 2 is 1.61 bits per heavy atom. The van der Waals surface area contributed by atoms with Crippen LogP contribution in [0.5, 0.6) is 0 Å². The van der Waals surface area contributed by atoms with E-state index in [0.717, 1.165) is 10.3 Å². The number of fused-ring (bicyclic) bond motifs is 2. The van der Waals surface area contributed by atoms with Gasteiger partial charge in [0.15, 0.2) is 11.3 Å². The Hall–Kier alpha value is -3.90. The Bertz CT molecular complexity index is 1370. The van der Waals surface area contributed by atoms with Gasteiger partial charge in [0.25, 0.3) is 17.7 Å². The first kappa shape index (κ1) is 19.1. The lowest BCUT2D eigenvalue weighted by atomic mass is 10.1. The SMILES string of the molecule is Cc1c(C(=O)Nc2cccc(N3C(=O)c4ccccc4C3=O)c2)oc2c(Cl)cccc12. The van der Waals surface area contributed by atoms with Crippen molar-refractivity contribution in [2.24, 2.45) is 0 Å². The minimum absolute atomic E-state index is 0.147. The Morgan fingerprint density at radius 1 is 0.935 bits per heavy atom. The van der Waals surface area contributed by atoms with Crippen LogP contribution in [0.15, 0.2) is 71.1 Å². The number of hydrogen-bond acceptors (Lipinski definition) is 4. The molecule has 0 unspecified atom stereocenters. The van der Waals surface area contributed by atoms with Crippen LogP contribution in [0.4, 0.5) is 11.4 Å². The summed E-state index contributed by atoms with van der Waals surface area (Å²) in [4.78, 5) is 39.4. The van der Waals surface area contributed by atoms with E-state index in [1.165, 1.54) is 0 Å². The molecule has 0 saturated carbocycles. The van der Waals surface area contributed by atoms with Crippen molar-refractivity contribution >= 4 is 51.7 Å². The molecule has 7 heteroatoms. The number of carbonyl (C=O) groups is 3. The van der Waals surface area contributed by atoms with Crippen LogP contribution in [0.25, 0.3) is 11.0 Å². The standard InChI is InChI=1S/C24H15ClN2O4/c1-13-16-10-5-11-19(25)21(16)31-20(13)22(28)26-14-6-4-7-15(12-14)27-23(29)17-8-2-3-9-18(17)24(27)30/h2-12H,1H3,(H,26,28). The number of furan rings is 1. The van der Waals surface area contributed by atoms with Crippen LogP contribution in [-0.4, -0.2) is 17.7 Å². The molecule has 1 aliphatic heterocycles. The van der Waals surface area contributed by atoms with Gasteiger partial charge in [0, 0.05) is 16.6 Å². The molecule has 6 nitrogen and oxygen atoms in total. The van der Waals surface area contributed by atoms with Crippen LogP contribution in [-0.2, 0) is 0 Å². The topological polar surface area (TPSA) is 79.6 Å². The van der Waals surface area contributed by atoms with Crippen molar-refractivity contribution in [3.05, 3.63) is 94.2 Å². The van der Waals surface area contributed by atoms with Crippen LogP contribution in [0.3, 0.4) is 0 Å². The minimum Gasteiger partial charge on any atom is -0.449 e. The second kappa shape index (κ2) is 7.11. The average Bonchev–Trinajstić information content (AvgIpc) is 3.24. The van der Waals surface area contributed by atoms with E-state index in [2.05, 4.69) is 5.32 Å². The van der Waals surface area contributed by atoms with Gasteiger partial charge in [-0.25, -0.2) is 4.90 Å². The molecule has 0 fully saturated rings. The zero-order valence-corrected chi connectivity index (χ0v) is 17.1. The first-order valence-corrected chi connectivity index (χ1v) is 9.90. The fraction of sp³-hybridized carbons (Fsp3) is 0.0417. The van der Waals surface area contributed by atoms with Crippen LogP contribution in [0.1, 0.15) is 36.8 Å². The molecule has 152 valence electrons. The number of hydrogen-bond donors (Lipinski definition) is 1. The fourth-order valence-corrected chi connectivity index (χ4v) is 3.97. The van der Waals surface area contributed by atoms with Gasteiger partial charge in [-0.05, 0) is 43.3 Å². The Labute approximate surface area is 182 Å². The zero-order chi connectivity index (χ0) is 21.7. The van der Waals surface area contributed by atoms with Crippen molar-refractivity contribution < 1.29 is 18.8 Å². The van der Waals surface area contributed by atoms with Gasteiger partial charge < -0.3 is 9.73 Å². The van der Waals surface area contributed by atoms with Crippen molar-refractivity contribution in [1.82, 2.24) is 0 Å². The van der Waals surface area contributed by atoms with E-state index in [1.54, 1.807) is 67.6 Å². The van der Waals surface area contributed by atoms with Crippen LogP contribution in [0.2, 0.25) is 5.02 Å². The number of anilines is 2. The van der Waals surface area contributed by atoms with E-state index in [9.17, 15) is 14.4 Å². The van der Waals surface area contributed by atoms with Gasteiger partial charge in [0.1, 0.15) is 0 Å². The maximum atomic E-state index is 12.9. The normalized spacial score (nSPS) is 13.0. The Balaban J connectivity index is 1.45. The lowest BCUT2D eigenvalue weighted by molar-refractivity contribution is 0.0925. The molecule has 1 aliphatic rings. The highest BCUT2D eigenvalue weighted by molar-refractivity contribution is 6.35. The summed E-state index contributed by atoms with van der Waals surface area (Å²) in [7, 11) is 0. The smallest absolute Gasteiger partial charge is 0.291 e. The maximum absolute atomic E-state index is 12.9. The van der Waals surface area contributed by atoms with Gasteiger partial charge in [0.2, 0.25) is 0 Å². The number of halogens is 1. The molecule has 3 aromatic carbocycles. The molecule has 0 saturated heterocycles. The van der Waals surface area contributed by atoms with Gasteiger partial charge in [-0.1, -0.05) is 41.9 Å². The molecule has 4 aromatic rings. The van der Waals surface area contributed by atoms with Crippen molar-refractivity contribution in [3.8, 4) is 0 Å². The van der Waals surface area contributed by atoms with Gasteiger partial charge >= 0.3 is 0 Å². The minimum atomic E-state index is -0.454. The Morgan fingerprint density at radius 3 is 2.29 bits per heavy atom. The number of amides is 3. The van der Waals surface area contributed by atoms with Gasteiger partial charge in [-0.15, -0.1) is 0 Å². The molecular formula is C24H15ClN2O4. The fourth-order valence-electron chi connectivity index (χ4n) is 3.76. The monoisotopic (exact) mass is 430 g/mol. The van der Waals surface area contributed by atoms with E-state index in [4.69, 9.17) is 16.0 Å². The first-order chi connectivity index (χ1) is 15.0. The van der Waals surface area contributed by atoms with Gasteiger partial charge in [-0.2, -0.15) is 0 Å². The summed E-state index contributed by atoms with van der Waals surface area (Å²) >= 11 is 6.17. The highest BCUT2D eigenvalue weighted by Gasteiger charge is 2.36. The third-order valence-electron chi connectivity index (χ3n) is 5.28. The van der Waals surface area contributed by atoms with Crippen molar-refractivity contribution in [2.45, 2.75) is 6.92 Å². The van der Waals surface area contributed by atoms with Crippen LogP contribution < -0.4 is 10.2 Å². The summed E-state index contributed by atoms with van der Waals surface area (Å²) in [6.45, 7) is 1.78. The summed E-state index contributed by atoms with van der Waals surface area (Å²) in [6.07, 6.45) is 0. The molecule has 0 bridgehead atoms. The second-order valence-electron chi connectivity index (χ2n) is 7.17. The number of benzene rings is 3. The lowest BCUT2D eigenvalue weighted by Crippen LogP contribution is -2.29. The Kier molecular flexibility index (Phi) is 4.38. The van der Waals surface area contributed by atoms with Crippen LogP contribution >= 0.6 is 11.6 Å². The first-order valence-electron chi connectivity index (χ1n) is 9.52. The molecule has 0 aliphatic carbocycles. The van der Waals surface area contributed by atoms with Crippen LogP contribution in [0, 0.1) is 6.92 Å².